The quantitative estimate of drug-likeness (QED) is 0.349. The summed E-state index contributed by atoms with van der Waals surface area (Å²) in [7, 11) is 0. The molecule has 35 heavy (non-hydrogen) atoms. The molecule has 1 aliphatic heterocycles. The molecule has 0 N–H and O–H groups in total. The van der Waals surface area contributed by atoms with Gasteiger partial charge in [-0.15, -0.1) is 0 Å². The van der Waals surface area contributed by atoms with Gasteiger partial charge in [-0.2, -0.15) is 0 Å². The number of aromatic nitrogens is 1. The van der Waals surface area contributed by atoms with Crippen molar-refractivity contribution in [2.75, 3.05) is 13.2 Å². The Morgan fingerprint density at radius 3 is 2.46 bits per heavy atom. The number of aryl methyl sites for hydroxylation is 1. The Balaban J connectivity index is 1.79. The van der Waals surface area contributed by atoms with E-state index in [-0.39, 0.29) is 12.2 Å². The summed E-state index contributed by atoms with van der Waals surface area (Å²) < 4.78 is 13.2. The minimum Gasteiger partial charge on any atom is -0.494 e. The number of benzene rings is 2. The molecule has 0 radical (unpaired) electrons. The van der Waals surface area contributed by atoms with Gasteiger partial charge in [0, 0.05) is 0 Å². The average molecular weight is 491 g/mol. The van der Waals surface area contributed by atoms with Crippen LogP contribution in [0.3, 0.4) is 0 Å². The highest BCUT2D eigenvalue weighted by molar-refractivity contribution is 7.07. The monoisotopic (exact) mass is 490 g/mol. The second-order valence-electron chi connectivity index (χ2n) is 8.48. The molecule has 0 spiro atoms. The van der Waals surface area contributed by atoms with Crippen molar-refractivity contribution in [2.45, 2.75) is 46.6 Å². The first kappa shape index (κ1) is 24.7. The second-order valence-corrected chi connectivity index (χ2v) is 9.49. The fraction of sp³-hybridized carbons (Fsp3) is 0.321. The number of hydrogen-bond acceptors (Lipinski definition) is 6. The molecular weight excluding hydrogens is 460 g/mol. The fourth-order valence-electron chi connectivity index (χ4n) is 4.00. The maximum absolute atomic E-state index is 13.6. The van der Waals surface area contributed by atoms with Crippen molar-refractivity contribution in [1.29, 1.82) is 0 Å². The van der Waals surface area contributed by atoms with Gasteiger partial charge in [-0.1, -0.05) is 66.6 Å². The average Bonchev–Trinajstić information content (AvgIpc) is 3.14. The van der Waals surface area contributed by atoms with E-state index in [4.69, 9.17) is 9.47 Å². The first-order chi connectivity index (χ1) is 16.9. The Bertz CT molecular complexity index is 1410. The number of unbranched alkanes of at least 4 members (excludes halogenated alkanes) is 1. The number of ether oxygens (including phenoxy) is 2. The molecule has 0 fully saturated rings. The number of fused-ring (bicyclic) bond motifs is 1. The normalized spacial score (nSPS) is 15.5. The molecule has 0 saturated carbocycles. The molecule has 1 aliphatic rings. The van der Waals surface area contributed by atoms with Crippen LogP contribution in [-0.4, -0.2) is 23.8 Å². The summed E-state index contributed by atoms with van der Waals surface area (Å²) in [6, 6.07) is 15.0. The highest BCUT2D eigenvalue weighted by Gasteiger charge is 2.33. The standard InChI is InChI=1S/C28H30N2O4S/c1-5-7-16-34-22-14-10-20(11-15-22)17-23-26(31)30-25(21-12-8-18(3)9-13-21)24(27(32)33-6-2)19(4)29-28(30)35-23/h8-15,17,25H,5-7,16H2,1-4H3/b23-17+/t25-/m0/s1. The molecule has 1 atom stereocenters. The summed E-state index contributed by atoms with van der Waals surface area (Å²) in [5, 5.41) is 0. The van der Waals surface area contributed by atoms with Crippen LogP contribution in [-0.2, 0) is 9.53 Å². The molecule has 0 bridgehead atoms. The first-order valence-corrected chi connectivity index (χ1v) is 12.7. The van der Waals surface area contributed by atoms with Crippen LogP contribution in [0.4, 0.5) is 0 Å². The van der Waals surface area contributed by atoms with Crippen LogP contribution in [0.1, 0.15) is 56.3 Å². The molecule has 2 aromatic carbocycles. The molecule has 6 nitrogen and oxygen atoms in total. The predicted molar refractivity (Wildman–Crippen MR) is 138 cm³/mol. The van der Waals surface area contributed by atoms with E-state index < -0.39 is 12.0 Å². The van der Waals surface area contributed by atoms with Gasteiger partial charge < -0.3 is 9.47 Å². The van der Waals surface area contributed by atoms with Crippen molar-refractivity contribution < 1.29 is 14.3 Å². The lowest BCUT2D eigenvalue weighted by molar-refractivity contribution is -0.139. The minimum atomic E-state index is -0.595. The molecule has 1 aromatic heterocycles. The van der Waals surface area contributed by atoms with Crippen molar-refractivity contribution in [3.63, 3.8) is 0 Å². The number of rotatable bonds is 8. The van der Waals surface area contributed by atoms with E-state index in [1.165, 1.54) is 11.3 Å². The maximum Gasteiger partial charge on any atom is 0.338 e. The van der Waals surface area contributed by atoms with Gasteiger partial charge in [0.15, 0.2) is 4.80 Å². The second kappa shape index (κ2) is 10.9. The van der Waals surface area contributed by atoms with E-state index in [2.05, 4.69) is 11.9 Å². The number of esters is 1. The number of carbonyl (C=O) groups excluding carboxylic acids is 1. The molecule has 0 aliphatic carbocycles. The van der Waals surface area contributed by atoms with Crippen LogP contribution in [0.2, 0.25) is 0 Å². The van der Waals surface area contributed by atoms with Crippen LogP contribution < -0.4 is 19.6 Å². The van der Waals surface area contributed by atoms with Gasteiger partial charge in [0.2, 0.25) is 0 Å². The van der Waals surface area contributed by atoms with Crippen LogP contribution in [0.15, 0.2) is 69.6 Å². The molecule has 7 heteroatoms. The van der Waals surface area contributed by atoms with E-state index in [9.17, 15) is 9.59 Å². The van der Waals surface area contributed by atoms with Crippen molar-refractivity contribution in [1.82, 2.24) is 4.57 Å². The summed E-state index contributed by atoms with van der Waals surface area (Å²) in [6.07, 6.45) is 3.95. The van der Waals surface area contributed by atoms with Gasteiger partial charge in [0.25, 0.3) is 5.56 Å². The van der Waals surface area contributed by atoms with Crippen LogP contribution >= 0.6 is 11.3 Å². The Kier molecular flexibility index (Phi) is 7.66. The topological polar surface area (TPSA) is 69.9 Å². The lowest BCUT2D eigenvalue weighted by Gasteiger charge is -2.24. The summed E-state index contributed by atoms with van der Waals surface area (Å²) in [5.41, 5.74) is 3.61. The maximum atomic E-state index is 13.6. The van der Waals surface area contributed by atoms with E-state index in [1.807, 2.05) is 61.5 Å². The molecule has 4 rings (SSSR count). The molecule has 0 unspecified atom stereocenters. The summed E-state index contributed by atoms with van der Waals surface area (Å²) in [5.74, 6) is 0.360. The van der Waals surface area contributed by atoms with Gasteiger partial charge in [-0.3, -0.25) is 9.36 Å². The third kappa shape index (κ3) is 5.30. The van der Waals surface area contributed by atoms with Crippen molar-refractivity contribution in [3.05, 3.63) is 96.2 Å². The lowest BCUT2D eigenvalue weighted by Crippen LogP contribution is -2.39. The number of carbonyl (C=O) groups is 1. The van der Waals surface area contributed by atoms with Gasteiger partial charge in [-0.25, -0.2) is 9.79 Å². The van der Waals surface area contributed by atoms with E-state index in [0.29, 0.717) is 27.2 Å². The summed E-state index contributed by atoms with van der Waals surface area (Å²) in [4.78, 5) is 31.7. The molecule has 0 saturated heterocycles. The van der Waals surface area contributed by atoms with Crippen LogP contribution in [0, 0.1) is 6.92 Å². The van der Waals surface area contributed by atoms with Gasteiger partial charge in [0.05, 0.1) is 35.1 Å². The lowest BCUT2D eigenvalue weighted by atomic mass is 9.95. The molecule has 0 amide bonds. The van der Waals surface area contributed by atoms with Crippen molar-refractivity contribution in [2.24, 2.45) is 4.99 Å². The highest BCUT2D eigenvalue weighted by atomic mass is 32.1. The van der Waals surface area contributed by atoms with Crippen molar-refractivity contribution >= 4 is 23.4 Å². The minimum absolute atomic E-state index is 0.183. The number of nitrogens with zero attached hydrogens (tertiary/aromatic N) is 2. The number of hydrogen-bond donors (Lipinski definition) is 0. The smallest absolute Gasteiger partial charge is 0.338 e. The Labute approximate surface area is 208 Å². The predicted octanol–water partition coefficient (Wildman–Crippen LogP) is 4.29. The zero-order valence-electron chi connectivity index (χ0n) is 20.5. The fourth-order valence-corrected chi connectivity index (χ4v) is 5.05. The Hall–Kier alpha value is -3.45. The first-order valence-electron chi connectivity index (χ1n) is 11.9. The van der Waals surface area contributed by atoms with E-state index >= 15 is 0 Å². The van der Waals surface area contributed by atoms with E-state index in [0.717, 1.165) is 35.3 Å². The number of allylic oxidation sites excluding steroid dienone is 1. The number of thiazole rings is 1. The highest BCUT2D eigenvalue weighted by Crippen LogP contribution is 2.30. The van der Waals surface area contributed by atoms with Crippen molar-refractivity contribution in [3.8, 4) is 5.75 Å². The molecule has 3 aromatic rings. The Morgan fingerprint density at radius 2 is 1.80 bits per heavy atom. The largest absolute Gasteiger partial charge is 0.494 e. The van der Waals surface area contributed by atoms with Crippen LogP contribution in [0.5, 0.6) is 5.75 Å². The van der Waals surface area contributed by atoms with Gasteiger partial charge in [0.1, 0.15) is 5.75 Å². The molecular formula is C28H30N2O4S. The zero-order valence-corrected chi connectivity index (χ0v) is 21.4. The third-order valence-electron chi connectivity index (χ3n) is 5.85. The zero-order chi connectivity index (χ0) is 24.9. The third-order valence-corrected chi connectivity index (χ3v) is 6.84. The van der Waals surface area contributed by atoms with Gasteiger partial charge >= 0.3 is 5.97 Å². The van der Waals surface area contributed by atoms with Crippen LogP contribution in [0.25, 0.3) is 6.08 Å². The SMILES string of the molecule is CCCCOc1ccc(/C=c2/sc3n(c2=O)[C@@H](c2ccc(C)cc2)C(C(=O)OCC)=C(C)N=3)cc1. The summed E-state index contributed by atoms with van der Waals surface area (Å²) >= 11 is 1.32. The molecule has 182 valence electrons. The Morgan fingerprint density at radius 1 is 1.09 bits per heavy atom. The van der Waals surface area contributed by atoms with Gasteiger partial charge in [-0.05, 0) is 56.5 Å². The summed E-state index contributed by atoms with van der Waals surface area (Å²) in [6.45, 7) is 8.63. The van der Waals surface area contributed by atoms with E-state index in [1.54, 1.807) is 18.4 Å². The molecule has 2 heterocycles.